The third-order valence-corrected chi connectivity index (χ3v) is 11.0. The first-order valence-corrected chi connectivity index (χ1v) is 13.7. The van der Waals surface area contributed by atoms with E-state index in [1.807, 2.05) is 18.2 Å². The number of halogens is 2. The van der Waals surface area contributed by atoms with Crippen LogP contribution >= 0.6 is 23.2 Å². The normalized spacial score (nSPS) is 39.8. The number of ketones is 1. The summed E-state index contributed by atoms with van der Waals surface area (Å²) in [6.07, 6.45) is 9.62. The van der Waals surface area contributed by atoms with Gasteiger partial charge in [0.15, 0.2) is 5.78 Å². The molecule has 1 aromatic carbocycles. The van der Waals surface area contributed by atoms with Crippen molar-refractivity contribution in [3.63, 3.8) is 0 Å². The lowest BCUT2D eigenvalue weighted by atomic mass is 9.50. The first-order chi connectivity index (χ1) is 16.2. The summed E-state index contributed by atoms with van der Waals surface area (Å²) < 4.78 is 0. The molecule has 6 rings (SSSR count). The highest BCUT2D eigenvalue weighted by molar-refractivity contribution is 6.35. The van der Waals surface area contributed by atoms with E-state index in [0.717, 1.165) is 62.8 Å². The number of rotatable bonds is 3. The maximum Gasteiger partial charge on any atom is 0.224 e. The van der Waals surface area contributed by atoms with Crippen molar-refractivity contribution in [3.8, 4) is 0 Å². The van der Waals surface area contributed by atoms with Crippen molar-refractivity contribution in [3.05, 3.63) is 45.6 Å². The molecule has 1 aliphatic heterocycles. The Morgan fingerprint density at radius 2 is 1.85 bits per heavy atom. The molecular formula is C28H34Cl2N2O2. The Kier molecular flexibility index (Phi) is 5.21. The van der Waals surface area contributed by atoms with Gasteiger partial charge in [0.25, 0.3) is 0 Å². The fraction of sp³-hybridized carbons (Fsp3) is 0.643. The number of allylic oxidation sites excluding steroid dienone is 2. The Morgan fingerprint density at radius 3 is 2.59 bits per heavy atom. The Bertz CT molecular complexity index is 1100. The number of amides is 1. The summed E-state index contributed by atoms with van der Waals surface area (Å²) in [5, 5.41) is 8.36. The molecule has 1 heterocycles. The Labute approximate surface area is 212 Å². The highest BCUT2D eigenvalue weighted by Gasteiger charge is 2.61. The maximum atomic E-state index is 13.8. The molecule has 3 saturated carbocycles. The fourth-order valence-corrected chi connectivity index (χ4v) is 8.95. The largest absolute Gasteiger partial charge is 0.387 e. The monoisotopic (exact) mass is 500 g/mol. The molecule has 1 amide bonds. The van der Waals surface area contributed by atoms with E-state index in [-0.39, 0.29) is 34.0 Å². The first-order valence-electron chi connectivity index (χ1n) is 12.9. The van der Waals surface area contributed by atoms with E-state index in [1.165, 1.54) is 0 Å². The van der Waals surface area contributed by atoms with Crippen LogP contribution in [0.2, 0.25) is 10.0 Å². The van der Waals surface area contributed by atoms with Crippen LogP contribution in [0.1, 0.15) is 70.8 Å². The summed E-state index contributed by atoms with van der Waals surface area (Å²) in [4.78, 5) is 25.8. The van der Waals surface area contributed by atoms with E-state index in [1.54, 1.807) is 6.07 Å². The Balaban J connectivity index is 1.22. The molecule has 1 saturated heterocycles. The van der Waals surface area contributed by atoms with Crippen LogP contribution in [0.15, 0.2) is 30.0 Å². The second kappa shape index (κ2) is 7.74. The van der Waals surface area contributed by atoms with Gasteiger partial charge >= 0.3 is 0 Å². The summed E-state index contributed by atoms with van der Waals surface area (Å²) in [5.41, 5.74) is 1.91. The number of carbonyl (C=O) groups excluding carboxylic acids is 2. The molecule has 0 spiro atoms. The van der Waals surface area contributed by atoms with Gasteiger partial charge in [-0.15, -0.1) is 0 Å². The SMILES string of the molecule is C[C@]12CCC(=O)C=C1NC[C@@H]1[C@H]2CC[C@]2(C)C(C(=O)NC3(c4ccc(Cl)cc4Cl)CC3)CC[C@@H]12. The third kappa shape index (κ3) is 3.31. The van der Waals surface area contributed by atoms with Gasteiger partial charge in [-0.3, -0.25) is 9.59 Å². The van der Waals surface area contributed by atoms with Crippen molar-refractivity contribution in [2.75, 3.05) is 6.54 Å². The zero-order chi connectivity index (χ0) is 23.9. The van der Waals surface area contributed by atoms with E-state index >= 15 is 0 Å². The zero-order valence-electron chi connectivity index (χ0n) is 20.1. The minimum atomic E-state index is -0.335. The predicted octanol–water partition coefficient (Wildman–Crippen LogP) is 6.01. The van der Waals surface area contributed by atoms with Crippen LogP contribution in [0.5, 0.6) is 0 Å². The van der Waals surface area contributed by atoms with Gasteiger partial charge in [-0.1, -0.05) is 43.1 Å². The van der Waals surface area contributed by atoms with Gasteiger partial charge in [0.05, 0.1) is 5.54 Å². The van der Waals surface area contributed by atoms with E-state index < -0.39 is 0 Å². The van der Waals surface area contributed by atoms with Crippen molar-refractivity contribution in [2.45, 2.75) is 70.8 Å². The van der Waals surface area contributed by atoms with E-state index in [9.17, 15) is 9.59 Å². The highest BCUT2D eigenvalue weighted by atomic mass is 35.5. The summed E-state index contributed by atoms with van der Waals surface area (Å²) >= 11 is 12.6. The minimum absolute atomic E-state index is 0.0227. The number of hydrogen-bond acceptors (Lipinski definition) is 3. The van der Waals surface area contributed by atoms with Crippen LogP contribution in [0.4, 0.5) is 0 Å². The van der Waals surface area contributed by atoms with Crippen LogP contribution in [0.25, 0.3) is 0 Å². The van der Waals surface area contributed by atoms with Crippen LogP contribution in [-0.4, -0.2) is 18.2 Å². The Hall–Kier alpha value is -1.52. The second-order valence-electron chi connectivity index (χ2n) is 12.1. The molecule has 182 valence electrons. The molecule has 5 aliphatic rings. The molecule has 4 aliphatic carbocycles. The molecule has 4 nitrogen and oxygen atoms in total. The van der Waals surface area contributed by atoms with Gasteiger partial charge in [0, 0.05) is 46.1 Å². The maximum absolute atomic E-state index is 13.8. The van der Waals surface area contributed by atoms with Crippen LogP contribution in [-0.2, 0) is 15.1 Å². The molecule has 1 aromatic rings. The van der Waals surface area contributed by atoms with Gasteiger partial charge in [-0.25, -0.2) is 0 Å². The summed E-state index contributed by atoms with van der Waals surface area (Å²) in [6.45, 7) is 5.67. The molecule has 0 radical (unpaired) electrons. The van der Waals surface area contributed by atoms with Crippen molar-refractivity contribution < 1.29 is 9.59 Å². The number of piperidine rings is 1. The van der Waals surface area contributed by atoms with Crippen LogP contribution in [0, 0.1) is 34.5 Å². The van der Waals surface area contributed by atoms with Crippen molar-refractivity contribution >= 4 is 34.9 Å². The molecule has 1 unspecified atom stereocenters. The molecular weight excluding hydrogens is 467 g/mol. The fourth-order valence-electron chi connectivity index (χ4n) is 8.36. The van der Waals surface area contributed by atoms with Gasteiger partial charge < -0.3 is 10.6 Å². The average Bonchev–Trinajstić information content (AvgIpc) is 3.46. The predicted molar refractivity (Wildman–Crippen MR) is 134 cm³/mol. The lowest BCUT2D eigenvalue weighted by Gasteiger charge is -2.58. The smallest absolute Gasteiger partial charge is 0.224 e. The number of fused-ring (bicyclic) bond motifs is 5. The van der Waals surface area contributed by atoms with Gasteiger partial charge in [-0.2, -0.15) is 0 Å². The lowest BCUT2D eigenvalue weighted by Crippen LogP contribution is -2.57. The van der Waals surface area contributed by atoms with Crippen molar-refractivity contribution in [2.24, 2.45) is 34.5 Å². The molecule has 0 bridgehead atoms. The van der Waals surface area contributed by atoms with E-state index in [4.69, 9.17) is 23.2 Å². The van der Waals surface area contributed by atoms with E-state index in [0.29, 0.717) is 34.2 Å². The number of nitrogens with one attached hydrogen (secondary N) is 2. The number of carbonyl (C=O) groups is 2. The van der Waals surface area contributed by atoms with E-state index in [2.05, 4.69) is 24.5 Å². The molecule has 4 fully saturated rings. The van der Waals surface area contributed by atoms with Crippen molar-refractivity contribution in [1.29, 1.82) is 0 Å². The van der Waals surface area contributed by atoms with Crippen LogP contribution < -0.4 is 10.6 Å². The number of hydrogen-bond donors (Lipinski definition) is 2. The Morgan fingerprint density at radius 1 is 1.06 bits per heavy atom. The topological polar surface area (TPSA) is 58.2 Å². The molecule has 6 heteroatoms. The van der Waals surface area contributed by atoms with Crippen LogP contribution in [0.3, 0.4) is 0 Å². The third-order valence-electron chi connectivity index (χ3n) is 10.5. The summed E-state index contributed by atoms with van der Waals surface area (Å²) in [6, 6.07) is 5.61. The van der Waals surface area contributed by atoms with Gasteiger partial charge in [-0.05, 0) is 85.8 Å². The molecule has 34 heavy (non-hydrogen) atoms. The highest BCUT2D eigenvalue weighted by Crippen LogP contribution is 2.64. The minimum Gasteiger partial charge on any atom is -0.387 e. The second-order valence-corrected chi connectivity index (χ2v) is 12.9. The summed E-state index contributed by atoms with van der Waals surface area (Å²) in [7, 11) is 0. The average molecular weight is 501 g/mol. The molecule has 0 aromatic heterocycles. The standard InChI is InChI=1S/C28H34Cl2N2O2/c1-26-10-8-20-18(15-31-24-14-17(33)7-9-27(20,24)2)19(26)5-6-22(26)25(34)32-28(11-12-28)21-4-3-16(29)13-23(21)30/h3-4,13-14,18-20,22,31H,5-12,15H2,1-2H3,(H,32,34)/t18-,19-,20+,22?,26-,27+/m0/s1. The quantitative estimate of drug-likeness (QED) is 0.533. The zero-order valence-corrected chi connectivity index (χ0v) is 21.6. The summed E-state index contributed by atoms with van der Waals surface area (Å²) in [5.74, 6) is 2.19. The van der Waals surface area contributed by atoms with Gasteiger partial charge in [0.1, 0.15) is 0 Å². The first kappa shape index (κ1) is 22.9. The lowest BCUT2D eigenvalue weighted by molar-refractivity contribution is -0.133. The van der Waals surface area contributed by atoms with Gasteiger partial charge in [0.2, 0.25) is 5.91 Å². The number of benzene rings is 1. The van der Waals surface area contributed by atoms with Crippen molar-refractivity contribution in [1.82, 2.24) is 10.6 Å². The molecule has 6 atom stereocenters. The molecule has 2 N–H and O–H groups in total.